The van der Waals surface area contributed by atoms with Crippen molar-refractivity contribution in [3.05, 3.63) is 29.3 Å². The summed E-state index contributed by atoms with van der Waals surface area (Å²) in [5, 5.41) is 6.38. The summed E-state index contributed by atoms with van der Waals surface area (Å²) in [5.41, 5.74) is 2.80. The molecule has 0 unspecified atom stereocenters. The molecule has 0 aliphatic rings. The van der Waals surface area contributed by atoms with E-state index in [1.807, 2.05) is 52.1 Å². The first kappa shape index (κ1) is 15.6. The van der Waals surface area contributed by atoms with Gasteiger partial charge in [-0.25, -0.2) is 4.79 Å². The van der Waals surface area contributed by atoms with E-state index >= 15 is 0 Å². The number of hydrogen-bond acceptors (Lipinski definition) is 4. The molecule has 1 amide bonds. The summed E-state index contributed by atoms with van der Waals surface area (Å²) in [6, 6.07) is 5.84. The zero-order valence-electron chi connectivity index (χ0n) is 12.0. The van der Waals surface area contributed by atoms with Crippen LogP contribution in [0, 0.1) is 13.8 Å². The van der Waals surface area contributed by atoms with Gasteiger partial charge in [-0.15, -0.1) is 0 Å². The molecule has 0 atom stereocenters. The average Bonchev–Trinajstić information content (AvgIpc) is 2.33. The minimum atomic E-state index is -0.582. The second kappa shape index (κ2) is 6.61. The Morgan fingerprint density at radius 2 is 2.11 bits per heavy atom. The first-order chi connectivity index (χ1) is 8.84. The van der Waals surface area contributed by atoms with Gasteiger partial charge in [0.05, 0.1) is 6.21 Å². The highest BCUT2D eigenvalue weighted by Gasteiger charge is 2.13. The second-order valence-corrected chi connectivity index (χ2v) is 6.32. The minimum absolute atomic E-state index is 0.153. The Balaban J connectivity index is 2.59. The molecule has 4 nitrogen and oxygen atoms in total. The molecule has 5 heteroatoms. The largest absolute Gasteiger partial charge is 0.437 e. The third kappa shape index (κ3) is 5.34. The Kier molecular flexibility index (Phi) is 5.42. The quantitative estimate of drug-likeness (QED) is 0.515. The van der Waals surface area contributed by atoms with Crippen molar-refractivity contribution in [3.8, 4) is 0 Å². The number of anilines is 1. The highest BCUT2D eigenvalue weighted by atomic mass is 32.2. The number of benzene rings is 1. The molecule has 0 fully saturated rings. The number of carbonyl (C=O) groups excluding carboxylic acids is 1. The van der Waals surface area contributed by atoms with E-state index in [2.05, 4.69) is 10.5 Å². The van der Waals surface area contributed by atoms with E-state index in [0.29, 0.717) is 0 Å². The molecule has 0 aliphatic heterocycles. The van der Waals surface area contributed by atoms with Crippen molar-refractivity contribution in [1.29, 1.82) is 0 Å². The van der Waals surface area contributed by atoms with Crippen molar-refractivity contribution in [2.75, 3.05) is 11.6 Å². The summed E-state index contributed by atoms with van der Waals surface area (Å²) in [4.78, 5) is 16.4. The van der Waals surface area contributed by atoms with Crippen LogP contribution in [0.4, 0.5) is 10.5 Å². The van der Waals surface area contributed by atoms with Gasteiger partial charge in [0, 0.05) is 10.4 Å². The van der Waals surface area contributed by atoms with Crippen molar-refractivity contribution in [3.63, 3.8) is 0 Å². The second-order valence-electron chi connectivity index (χ2n) is 4.86. The Hall–Kier alpha value is -1.49. The molecule has 0 saturated carbocycles. The maximum absolute atomic E-state index is 11.6. The van der Waals surface area contributed by atoms with Crippen LogP contribution in [0.2, 0.25) is 0 Å². The first-order valence-electron chi connectivity index (χ1n) is 5.99. The fraction of sp³-hybridized carbons (Fsp3) is 0.429. The fourth-order valence-corrected chi connectivity index (χ4v) is 1.41. The van der Waals surface area contributed by atoms with Gasteiger partial charge in [-0.3, -0.25) is 10.2 Å². The van der Waals surface area contributed by atoms with E-state index in [4.69, 9.17) is 4.84 Å². The van der Waals surface area contributed by atoms with E-state index < -0.39 is 6.09 Å². The number of rotatable bonds is 4. The summed E-state index contributed by atoms with van der Waals surface area (Å²) in [5.74, 6) is 0. The molecule has 1 N–H and O–H groups in total. The van der Waals surface area contributed by atoms with E-state index in [0.717, 1.165) is 16.8 Å². The Morgan fingerprint density at radius 1 is 1.42 bits per heavy atom. The summed E-state index contributed by atoms with van der Waals surface area (Å²) in [6.07, 6.45) is 3.00. The molecular weight excluding hydrogens is 260 g/mol. The van der Waals surface area contributed by atoms with Crippen LogP contribution in [0.1, 0.15) is 25.0 Å². The summed E-state index contributed by atoms with van der Waals surface area (Å²) in [6.45, 7) is 7.88. The third-order valence-electron chi connectivity index (χ3n) is 2.66. The predicted octanol–water partition coefficient (Wildman–Crippen LogP) is 3.98. The first-order valence-corrected chi connectivity index (χ1v) is 7.21. The van der Waals surface area contributed by atoms with Crippen molar-refractivity contribution >= 4 is 29.8 Å². The number of hydrogen-bond donors (Lipinski definition) is 1. The number of oxime groups is 1. The molecule has 0 saturated heterocycles. The lowest BCUT2D eigenvalue weighted by Gasteiger charge is -2.14. The number of aryl methyl sites for hydroxylation is 2. The van der Waals surface area contributed by atoms with E-state index in [-0.39, 0.29) is 4.75 Å². The van der Waals surface area contributed by atoms with Crippen molar-refractivity contribution in [2.45, 2.75) is 32.4 Å². The predicted molar refractivity (Wildman–Crippen MR) is 82.1 cm³/mol. The van der Waals surface area contributed by atoms with Crippen LogP contribution in [0.25, 0.3) is 0 Å². The van der Waals surface area contributed by atoms with Crippen LogP contribution in [0.15, 0.2) is 23.4 Å². The maximum atomic E-state index is 11.6. The molecule has 0 aromatic heterocycles. The molecule has 1 aromatic carbocycles. The smallest absolute Gasteiger partial charge is 0.298 e. The molecule has 19 heavy (non-hydrogen) atoms. The van der Waals surface area contributed by atoms with Crippen LogP contribution < -0.4 is 5.32 Å². The van der Waals surface area contributed by atoms with Gasteiger partial charge < -0.3 is 0 Å². The molecule has 0 spiro atoms. The summed E-state index contributed by atoms with van der Waals surface area (Å²) >= 11 is 1.63. The molecule has 104 valence electrons. The molecule has 0 bridgehead atoms. The van der Waals surface area contributed by atoms with Gasteiger partial charge in [-0.2, -0.15) is 11.8 Å². The van der Waals surface area contributed by atoms with Gasteiger partial charge in [-0.1, -0.05) is 17.3 Å². The van der Waals surface area contributed by atoms with Crippen LogP contribution >= 0.6 is 11.8 Å². The normalized spacial score (nSPS) is 11.6. The number of nitrogens with zero attached hydrogens (tertiary/aromatic N) is 1. The van der Waals surface area contributed by atoms with Gasteiger partial charge in [0.1, 0.15) is 0 Å². The van der Waals surface area contributed by atoms with Crippen LogP contribution in [-0.2, 0) is 4.84 Å². The molecule has 0 radical (unpaired) electrons. The van der Waals surface area contributed by atoms with Gasteiger partial charge in [0.2, 0.25) is 0 Å². The maximum Gasteiger partial charge on any atom is 0.437 e. The molecule has 1 aromatic rings. The highest BCUT2D eigenvalue weighted by molar-refractivity contribution is 8.00. The number of thioether (sulfide) groups is 1. The molecule has 0 aliphatic carbocycles. The topological polar surface area (TPSA) is 50.7 Å². The third-order valence-corrected chi connectivity index (χ3v) is 3.81. The molecule has 1 rings (SSSR count). The van der Waals surface area contributed by atoms with Crippen molar-refractivity contribution < 1.29 is 9.63 Å². The highest BCUT2D eigenvalue weighted by Crippen LogP contribution is 2.18. The lowest BCUT2D eigenvalue weighted by atomic mass is 10.1. The van der Waals surface area contributed by atoms with Crippen molar-refractivity contribution in [2.24, 2.45) is 5.16 Å². The Bertz CT molecular complexity index is 484. The number of carbonyl (C=O) groups is 1. The molecule has 0 heterocycles. The van der Waals surface area contributed by atoms with Crippen molar-refractivity contribution in [1.82, 2.24) is 0 Å². The SMILES string of the molecule is CSC(C)(C)/C=N/OC(=O)Nc1cc(C)ccc1C. The van der Waals surface area contributed by atoms with Gasteiger partial charge in [0.15, 0.2) is 0 Å². The van der Waals surface area contributed by atoms with E-state index in [1.54, 1.807) is 18.0 Å². The van der Waals surface area contributed by atoms with E-state index in [1.165, 1.54) is 0 Å². The van der Waals surface area contributed by atoms with E-state index in [9.17, 15) is 4.79 Å². The average molecular weight is 280 g/mol. The Morgan fingerprint density at radius 3 is 2.74 bits per heavy atom. The Labute approximate surface area is 118 Å². The lowest BCUT2D eigenvalue weighted by Crippen LogP contribution is -2.17. The number of nitrogens with one attached hydrogen (secondary N) is 1. The van der Waals surface area contributed by atoms with Gasteiger partial charge in [0.25, 0.3) is 0 Å². The zero-order chi connectivity index (χ0) is 14.5. The zero-order valence-corrected chi connectivity index (χ0v) is 12.8. The summed E-state index contributed by atoms with van der Waals surface area (Å²) in [7, 11) is 0. The van der Waals surface area contributed by atoms with Crippen LogP contribution in [0.3, 0.4) is 0 Å². The molecular formula is C14H20N2O2S. The number of amides is 1. The van der Waals surface area contributed by atoms with Gasteiger partial charge >= 0.3 is 6.09 Å². The van der Waals surface area contributed by atoms with Crippen LogP contribution in [-0.4, -0.2) is 23.3 Å². The summed E-state index contributed by atoms with van der Waals surface area (Å²) < 4.78 is -0.153. The van der Waals surface area contributed by atoms with Gasteiger partial charge in [-0.05, 0) is 51.1 Å². The fourth-order valence-electron chi connectivity index (χ4n) is 1.26. The minimum Gasteiger partial charge on any atom is -0.298 e. The standard InChI is InChI=1S/C14H20N2O2S/c1-10-6-7-11(2)12(8-10)16-13(17)18-15-9-14(3,4)19-5/h6-9H,1-5H3,(H,16,17)/b15-9+. The lowest BCUT2D eigenvalue weighted by molar-refractivity contribution is 0.167. The van der Waals surface area contributed by atoms with Crippen LogP contribution in [0.5, 0.6) is 0 Å². The monoisotopic (exact) mass is 280 g/mol.